The Labute approximate surface area is 346 Å². The molecule has 3 saturated carbocycles. The van der Waals surface area contributed by atoms with Crippen molar-refractivity contribution in [2.24, 2.45) is 28.6 Å². The monoisotopic (exact) mass is 861 g/mol. The minimum absolute atomic E-state index is 0.00930. The third-order valence-electron chi connectivity index (χ3n) is 13.7. The molecule has 6 N–H and O–H groups in total. The number of amides is 3. The van der Waals surface area contributed by atoms with Crippen LogP contribution in [-0.4, -0.2) is 86.4 Å². The second-order valence-corrected chi connectivity index (χ2v) is 17.6. The van der Waals surface area contributed by atoms with Gasteiger partial charge in [0.25, 0.3) is 0 Å². The third-order valence-corrected chi connectivity index (χ3v) is 14.2. The van der Waals surface area contributed by atoms with Crippen LogP contribution in [0, 0.1) is 28.6 Å². The van der Waals surface area contributed by atoms with Gasteiger partial charge in [-0.25, -0.2) is 0 Å². The highest BCUT2D eigenvalue weighted by molar-refractivity contribution is 9.09. The second kappa shape index (κ2) is 16.2. The predicted molar refractivity (Wildman–Crippen MR) is 216 cm³/mol. The summed E-state index contributed by atoms with van der Waals surface area (Å²) in [7, 11) is 0. The summed E-state index contributed by atoms with van der Waals surface area (Å²) in [4.78, 5) is 63.4. The van der Waals surface area contributed by atoms with Gasteiger partial charge >= 0.3 is 0 Å². The van der Waals surface area contributed by atoms with Gasteiger partial charge in [-0.15, -0.1) is 0 Å². The lowest BCUT2D eigenvalue weighted by molar-refractivity contribution is -0.201. The van der Waals surface area contributed by atoms with Gasteiger partial charge in [-0.2, -0.15) is 0 Å². The molecule has 14 heteroatoms. The molecule has 4 aliphatic carbocycles. The number of fused-ring (bicyclic) bond motifs is 7. The van der Waals surface area contributed by atoms with Crippen LogP contribution in [-0.2, 0) is 46.5 Å². The van der Waals surface area contributed by atoms with Gasteiger partial charge in [-0.05, 0) is 87.1 Å². The van der Waals surface area contributed by atoms with Crippen LogP contribution in [0.25, 0.3) is 0 Å². The van der Waals surface area contributed by atoms with Crippen LogP contribution in [0.2, 0.25) is 0 Å². The number of anilines is 1. The minimum Gasteiger partial charge on any atom is -0.393 e. The largest absolute Gasteiger partial charge is 0.393 e. The normalized spacial score (nSPS) is 33.1. The maximum Gasteiger partial charge on any atom is 0.246 e. The van der Waals surface area contributed by atoms with Crippen LogP contribution in [0.3, 0.4) is 0 Å². The molecular weight excluding hydrogens is 810 g/mol. The fourth-order valence-electron chi connectivity index (χ4n) is 10.8. The van der Waals surface area contributed by atoms with Gasteiger partial charge in [0, 0.05) is 33.6 Å². The Morgan fingerprint density at radius 3 is 2.38 bits per heavy atom. The number of nitrogens with one attached hydrogen (secondary N) is 3. The second-order valence-electron chi connectivity index (χ2n) is 17.0. The lowest BCUT2D eigenvalue weighted by Gasteiger charge is -2.59. The van der Waals surface area contributed by atoms with Crippen molar-refractivity contribution in [2.45, 2.75) is 103 Å². The fourth-order valence-corrected chi connectivity index (χ4v) is 11.0. The number of alkyl halides is 1. The van der Waals surface area contributed by atoms with E-state index in [2.05, 4.69) is 38.8 Å². The molecule has 3 amide bonds. The van der Waals surface area contributed by atoms with Crippen LogP contribution in [0.4, 0.5) is 5.69 Å². The number of aliphatic hydroxyl groups is 3. The van der Waals surface area contributed by atoms with E-state index in [0.29, 0.717) is 36.1 Å². The summed E-state index contributed by atoms with van der Waals surface area (Å²) < 4.78 is 13.4. The first kappa shape index (κ1) is 42.1. The van der Waals surface area contributed by atoms with E-state index in [4.69, 9.17) is 9.47 Å². The molecule has 310 valence electrons. The zero-order valence-corrected chi connectivity index (χ0v) is 34.7. The quantitative estimate of drug-likeness (QED) is 0.171. The lowest BCUT2D eigenvalue weighted by Crippen LogP contribution is -2.63. The number of ketones is 2. The number of hydrogen-bond acceptors (Lipinski definition) is 10. The molecule has 13 nitrogen and oxygen atoms in total. The molecular formula is C44H52BrN3O10. The zero-order chi connectivity index (χ0) is 41.7. The van der Waals surface area contributed by atoms with Gasteiger partial charge in [0.1, 0.15) is 18.7 Å². The Kier molecular flexibility index (Phi) is 11.7. The van der Waals surface area contributed by atoms with E-state index in [1.807, 2.05) is 43.3 Å². The molecule has 0 unspecified atom stereocenters. The van der Waals surface area contributed by atoms with Crippen molar-refractivity contribution in [3.63, 3.8) is 0 Å². The van der Waals surface area contributed by atoms with Crippen molar-refractivity contribution in [2.75, 3.05) is 17.3 Å². The molecule has 1 saturated heterocycles. The molecule has 2 aromatic rings. The number of carbonyl (C=O) groups excluding carboxylic acids is 5. The van der Waals surface area contributed by atoms with E-state index in [0.717, 1.165) is 29.5 Å². The van der Waals surface area contributed by atoms with E-state index >= 15 is 0 Å². The Morgan fingerprint density at radius 2 is 1.69 bits per heavy atom. The van der Waals surface area contributed by atoms with Gasteiger partial charge in [0.2, 0.25) is 17.7 Å². The van der Waals surface area contributed by atoms with Crippen molar-refractivity contribution < 1.29 is 48.8 Å². The van der Waals surface area contributed by atoms with E-state index in [1.54, 1.807) is 24.3 Å². The van der Waals surface area contributed by atoms with Gasteiger partial charge < -0.3 is 40.7 Å². The number of benzene rings is 2. The molecule has 0 radical (unpaired) electrons. The van der Waals surface area contributed by atoms with Gasteiger partial charge in [0.15, 0.2) is 23.5 Å². The average molecular weight is 863 g/mol. The maximum atomic E-state index is 13.9. The Morgan fingerprint density at radius 1 is 0.983 bits per heavy atom. The van der Waals surface area contributed by atoms with Crippen molar-refractivity contribution in [1.29, 1.82) is 0 Å². The summed E-state index contributed by atoms with van der Waals surface area (Å²) in [6.45, 7) is 6.13. The minimum atomic E-state index is -1.45. The SMILES string of the molecule is C[C@H](NC(=O)CBr)C(=O)N[C@@H](C)C(=O)Nc1cc(Cc2ccc([C@@H]3O[C@@H]4C[C@H]5[C@@H]6CCC7=CC(=O)C=C[C@]7(C)[C@H]6[C@@H](O)C[C@]5(C)[C@]4(C(=O)CO)O3)cc2)ccc1CO. The number of allylic oxidation sites excluding steroid dienone is 4. The third kappa shape index (κ3) is 7.19. The smallest absolute Gasteiger partial charge is 0.246 e. The first-order chi connectivity index (χ1) is 27.6. The first-order valence-corrected chi connectivity index (χ1v) is 21.1. The summed E-state index contributed by atoms with van der Waals surface area (Å²) >= 11 is 3.04. The molecule has 0 bridgehead atoms. The Bertz CT molecular complexity index is 2050. The number of carbonyl (C=O) groups is 5. The standard InChI is InChI=1S/C44H52BrN3O10/c1-23(46-37(54)20-45)39(55)47-24(2)40(56)48-33-16-26(7-10-28(33)21-49)15-25-5-8-27(9-6-25)41-57-36-18-32-31-12-11-29-17-30(51)13-14-42(29,3)38(31)34(52)19-43(32,4)44(36,58-41)35(53)22-50/h5-10,13-14,16-17,23-24,31-32,34,36,38,41,49-50,52H,11-12,15,18-22H2,1-4H3,(H,46,54)(H,47,55)(H,48,56)/t23-,24-,31-,32-,34-,36+,38+,41+,42-,43-,44+/m0/s1. The molecule has 1 heterocycles. The van der Waals surface area contributed by atoms with Crippen molar-refractivity contribution in [3.05, 3.63) is 88.5 Å². The van der Waals surface area contributed by atoms with Crippen LogP contribution in [0.15, 0.2) is 66.3 Å². The summed E-state index contributed by atoms with van der Waals surface area (Å²) in [5.41, 5.74) is 1.71. The summed E-state index contributed by atoms with van der Waals surface area (Å²) in [6, 6.07) is 11.2. The molecule has 2 aromatic carbocycles. The number of Topliss-reactive ketones (excluding diaryl/α,β-unsaturated/α-hetero) is 1. The van der Waals surface area contributed by atoms with Crippen LogP contribution in [0.5, 0.6) is 0 Å². The Hall–Kier alpha value is -4.05. The summed E-state index contributed by atoms with van der Waals surface area (Å²) in [5, 5.41) is 40.2. The fraction of sp³-hybridized carbons (Fsp3) is 0.523. The molecule has 4 fully saturated rings. The summed E-state index contributed by atoms with van der Waals surface area (Å²) in [6.07, 6.45) is 5.85. The zero-order valence-electron chi connectivity index (χ0n) is 33.1. The topological polar surface area (TPSA) is 201 Å². The summed E-state index contributed by atoms with van der Waals surface area (Å²) in [5.74, 6) is -1.93. The highest BCUT2D eigenvalue weighted by atomic mass is 79.9. The van der Waals surface area contributed by atoms with E-state index in [9.17, 15) is 39.3 Å². The van der Waals surface area contributed by atoms with E-state index in [1.165, 1.54) is 13.8 Å². The van der Waals surface area contributed by atoms with E-state index in [-0.39, 0.29) is 41.4 Å². The molecule has 58 heavy (non-hydrogen) atoms. The first-order valence-electron chi connectivity index (χ1n) is 20.0. The van der Waals surface area contributed by atoms with Gasteiger partial charge in [-0.1, -0.05) is 77.8 Å². The molecule has 11 atom stereocenters. The highest BCUT2D eigenvalue weighted by Crippen LogP contribution is 2.70. The van der Waals surface area contributed by atoms with Crippen molar-refractivity contribution in [1.82, 2.24) is 10.6 Å². The average Bonchev–Trinajstić information content (AvgIpc) is 3.70. The predicted octanol–water partition coefficient (Wildman–Crippen LogP) is 3.72. The Balaban J connectivity index is 1.04. The van der Waals surface area contributed by atoms with Crippen LogP contribution < -0.4 is 16.0 Å². The number of aliphatic hydroxyl groups excluding tert-OH is 3. The highest BCUT2D eigenvalue weighted by Gasteiger charge is 2.75. The molecule has 0 aromatic heterocycles. The van der Waals surface area contributed by atoms with Crippen LogP contribution in [0.1, 0.15) is 81.9 Å². The number of ether oxygens (including phenoxy) is 2. The maximum absolute atomic E-state index is 13.9. The number of halogens is 1. The molecule has 5 aliphatic rings. The van der Waals surface area contributed by atoms with Crippen molar-refractivity contribution in [3.8, 4) is 0 Å². The lowest BCUT2D eigenvalue weighted by atomic mass is 9.46. The van der Waals surface area contributed by atoms with Crippen LogP contribution >= 0.6 is 15.9 Å². The van der Waals surface area contributed by atoms with E-state index < -0.39 is 71.2 Å². The molecule has 0 spiro atoms. The number of rotatable bonds is 12. The van der Waals surface area contributed by atoms with Gasteiger partial charge in [0.05, 0.1) is 24.1 Å². The molecule has 1 aliphatic heterocycles. The van der Waals surface area contributed by atoms with Gasteiger partial charge in [-0.3, -0.25) is 24.0 Å². The number of hydrogen-bond donors (Lipinski definition) is 6. The van der Waals surface area contributed by atoms with Crippen molar-refractivity contribution >= 4 is 50.9 Å². The molecule has 7 rings (SSSR count).